The maximum atomic E-state index is 6.20. The van der Waals surface area contributed by atoms with E-state index in [2.05, 4.69) is 22.9 Å². The van der Waals surface area contributed by atoms with Gasteiger partial charge in [-0.2, -0.15) is 11.3 Å². The molecule has 1 unspecified atom stereocenters. The van der Waals surface area contributed by atoms with Crippen LogP contribution in [0, 0.1) is 0 Å². The van der Waals surface area contributed by atoms with Gasteiger partial charge in [-0.1, -0.05) is 12.1 Å². The zero-order valence-corrected chi connectivity index (χ0v) is 10.7. The highest BCUT2D eigenvalue weighted by Gasteiger charge is 2.08. The lowest BCUT2D eigenvalue weighted by molar-refractivity contribution is 0.339. The minimum atomic E-state index is 0.0324. The molecule has 1 aromatic heterocycles. The van der Waals surface area contributed by atoms with Crippen molar-refractivity contribution in [2.45, 2.75) is 19.4 Å². The van der Waals surface area contributed by atoms with Gasteiger partial charge in [-0.15, -0.1) is 0 Å². The number of hydrogen-bond acceptors (Lipinski definition) is 3. The van der Waals surface area contributed by atoms with E-state index in [4.69, 9.17) is 10.5 Å². The van der Waals surface area contributed by atoms with Crippen molar-refractivity contribution in [3.63, 3.8) is 0 Å². The normalized spacial score (nSPS) is 12.4. The maximum Gasteiger partial charge on any atom is 0.119 e. The number of hydrogen-bond donors (Lipinski definition) is 1. The zero-order valence-electron chi connectivity index (χ0n) is 9.93. The molecular formula is C14H17NOS. The van der Waals surface area contributed by atoms with Crippen LogP contribution in [0.4, 0.5) is 0 Å². The molecule has 0 fully saturated rings. The Morgan fingerprint density at radius 2 is 2.24 bits per heavy atom. The number of rotatable bonds is 5. The van der Waals surface area contributed by atoms with Gasteiger partial charge in [-0.05, 0) is 53.4 Å². The third kappa shape index (κ3) is 3.32. The summed E-state index contributed by atoms with van der Waals surface area (Å²) in [7, 11) is 0. The van der Waals surface area contributed by atoms with Crippen LogP contribution in [0.1, 0.15) is 24.1 Å². The highest BCUT2D eigenvalue weighted by molar-refractivity contribution is 7.07. The van der Waals surface area contributed by atoms with E-state index in [-0.39, 0.29) is 6.04 Å². The number of nitrogens with two attached hydrogens (primary N) is 1. The SMILES string of the molecule is CCOc1cccc(C(N)Cc2ccsc2)c1. The van der Waals surface area contributed by atoms with Crippen molar-refractivity contribution in [3.05, 3.63) is 52.2 Å². The van der Waals surface area contributed by atoms with Crippen LogP contribution in [0.25, 0.3) is 0 Å². The van der Waals surface area contributed by atoms with Gasteiger partial charge in [-0.3, -0.25) is 0 Å². The first-order valence-corrected chi connectivity index (χ1v) is 6.73. The lowest BCUT2D eigenvalue weighted by Gasteiger charge is -2.12. The van der Waals surface area contributed by atoms with Crippen molar-refractivity contribution in [1.29, 1.82) is 0 Å². The molecule has 17 heavy (non-hydrogen) atoms. The molecular weight excluding hydrogens is 230 g/mol. The Labute approximate surface area is 106 Å². The molecule has 0 saturated heterocycles. The minimum absolute atomic E-state index is 0.0324. The molecule has 1 aromatic carbocycles. The summed E-state index contributed by atoms with van der Waals surface area (Å²) in [6, 6.07) is 10.2. The lowest BCUT2D eigenvalue weighted by atomic mass is 10.0. The summed E-state index contributed by atoms with van der Waals surface area (Å²) in [4.78, 5) is 0. The molecule has 2 aromatic rings. The summed E-state index contributed by atoms with van der Waals surface area (Å²) in [6.07, 6.45) is 0.874. The van der Waals surface area contributed by atoms with Crippen LogP contribution in [0.3, 0.4) is 0 Å². The second-order valence-corrected chi connectivity index (χ2v) is 4.73. The van der Waals surface area contributed by atoms with Crippen LogP contribution in [0.5, 0.6) is 5.75 Å². The van der Waals surface area contributed by atoms with E-state index in [1.54, 1.807) is 11.3 Å². The van der Waals surface area contributed by atoms with Gasteiger partial charge in [0.2, 0.25) is 0 Å². The first kappa shape index (κ1) is 12.1. The standard InChI is InChI=1S/C14H17NOS/c1-2-16-13-5-3-4-12(9-13)14(15)8-11-6-7-17-10-11/h3-7,9-10,14H,2,8,15H2,1H3. The van der Waals surface area contributed by atoms with Crippen molar-refractivity contribution in [3.8, 4) is 5.75 Å². The van der Waals surface area contributed by atoms with Crippen molar-refractivity contribution in [2.75, 3.05) is 6.61 Å². The van der Waals surface area contributed by atoms with Crippen molar-refractivity contribution in [2.24, 2.45) is 5.73 Å². The Kier molecular flexibility index (Phi) is 4.18. The third-order valence-electron chi connectivity index (χ3n) is 2.63. The Morgan fingerprint density at radius 1 is 1.35 bits per heavy atom. The van der Waals surface area contributed by atoms with Gasteiger partial charge in [0.1, 0.15) is 5.75 Å². The van der Waals surface area contributed by atoms with E-state index >= 15 is 0 Å². The lowest BCUT2D eigenvalue weighted by Crippen LogP contribution is -2.13. The Hall–Kier alpha value is -1.32. The molecule has 1 atom stereocenters. The summed E-state index contributed by atoms with van der Waals surface area (Å²) < 4.78 is 5.48. The molecule has 1 heterocycles. The van der Waals surface area contributed by atoms with Crippen LogP contribution in [0.2, 0.25) is 0 Å². The van der Waals surface area contributed by atoms with E-state index in [9.17, 15) is 0 Å². The van der Waals surface area contributed by atoms with Crippen LogP contribution in [-0.4, -0.2) is 6.61 Å². The maximum absolute atomic E-state index is 6.20. The smallest absolute Gasteiger partial charge is 0.119 e. The number of benzene rings is 1. The largest absolute Gasteiger partial charge is 0.494 e. The van der Waals surface area contributed by atoms with Gasteiger partial charge in [0.05, 0.1) is 6.61 Å². The third-order valence-corrected chi connectivity index (χ3v) is 3.37. The molecule has 0 amide bonds. The molecule has 2 N–H and O–H groups in total. The average Bonchev–Trinajstić information content (AvgIpc) is 2.83. The van der Waals surface area contributed by atoms with Crippen LogP contribution < -0.4 is 10.5 Å². The fourth-order valence-corrected chi connectivity index (χ4v) is 2.46. The Morgan fingerprint density at radius 3 is 2.94 bits per heavy atom. The fourth-order valence-electron chi connectivity index (χ4n) is 1.78. The molecule has 90 valence electrons. The summed E-state index contributed by atoms with van der Waals surface area (Å²) >= 11 is 1.71. The average molecular weight is 247 g/mol. The molecule has 0 bridgehead atoms. The number of thiophene rings is 1. The summed E-state index contributed by atoms with van der Waals surface area (Å²) in [5.74, 6) is 0.894. The Bertz CT molecular complexity index is 453. The predicted octanol–water partition coefficient (Wildman–Crippen LogP) is 3.39. The second-order valence-electron chi connectivity index (χ2n) is 3.95. The quantitative estimate of drug-likeness (QED) is 0.879. The van der Waals surface area contributed by atoms with E-state index in [0.29, 0.717) is 6.61 Å². The fraction of sp³-hybridized carbons (Fsp3) is 0.286. The van der Waals surface area contributed by atoms with E-state index in [1.807, 2.05) is 25.1 Å². The highest BCUT2D eigenvalue weighted by atomic mass is 32.1. The van der Waals surface area contributed by atoms with Crippen LogP contribution >= 0.6 is 11.3 Å². The minimum Gasteiger partial charge on any atom is -0.494 e. The summed E-state index contributed by atoms with van der Waals surface area (Å²) in [5, 5.41) is 4.23. The van der Waals surface area contributed by atoms with E-state index in [0.717, 1.165) is 17.7 Å². The van der Waals surface area contributed by atoms with Crippen molar-refractivity contribution >= 4 is 11.3 Å². The topological polar surface area (TPSA) is 35.2 Å². The van der Waals surface area contributed by atoms with Crippen LogP contribution in [-0.2, 0) is 6.42 Å². The van der Waals surface area contributed by atoms with Crippen LogP contribution in [0.15, 0.2) is 41.1 Å². The molecule has 0 aliphatic carbocycles. The van der Waals surface area contributed by atoms with Gasteiger partial charge in [0.25, 0.3) is 0 Å². The van der Waals surface area contributed by atoms with Gasteiger partial charge in [0.15, 0.2) is 0 Å². The molecule has 0 radical (unpaired) electrons. The number of ether oxygens (including phenoxy) is 1. The predicted molar refractivity (Wildman–Crippen MR) is 72.6 cm³/mol. The molecule has 3 heteroatoms. The molecule has 2 rings (SSSR count). The van der Waals surface area contributed by atoms with Gasteiger partial charge in [0, 0.05) is 6.04 Å². The van der Waals surface area contributed by atoms with Gasteiger partial charge >= 0.3 is 0 Å². The molecule has 0 saturated carbocycles. The first-order chi connectivity index (χ1) is 8.29. The van der Waals surface area contributed by atoms with Gasteiger partial charge in [-0.25, -0.2) is 0 Å². The second kappa shape index (κ2) is 5.84. The highest BCUT2D eigenvalue weighted by Crippen LogP contribution is 2.21. The van der Waals surface area contributed by atoms with E-state index in [1.165, 1.54) is 5.56 Å². The summed E-state index contributed by atoms with van der Waals surface area (Å²) in [6.45, 7) is 2.67. The molecule has 0 spiro atoms. The molecule has 2 nitrogen and oxygen atoms in total. The van der Waals surface area contributed by atoms with Crippen molar-refractivity contribution < 1.29 is 4.74 Å². The molecule has 0 aliphatic heterocycles. The van der Waals surface area contributed by atoms with Gasteiger partial charge < -0.3 is 10.5 Å². The zero-order chi connectivity index (χ0) is 12.1. The monoisotopic (exact) mass is 247 g/mol. The Balaban J connectivity index is 2.07. The molecule has 0 aliphatic rings. The van der Waals surface area contributed by atoms with Crippen molar-refractivity contribution in [1.82, 2.24) is 0 Å². The summed E-state index contributed by atoms with van der Waals surface area (Å²) in [5.41, 5.74) is 8.62. The van der Waals surface area contributed by atoms with E-state index < -0.39 is 0 Å². The first-order valence-electron chi connectivity index (χ1n) is 5.79.